The maximum absolute atomic E-state index is 5.97. The van der Waals surface area contributed by atoms with Gasteiger partial charge in [0.15, 0.2) is 0 Å². The standard InChI is InChI=1S/C12H22N2O/c1-4-5-11(13)8-14(3)9-12-7-6-10(2)15-12/h6-7,11H,4-5,8-9,13H2,1-3H3. The summed E-state index contributed by atoms with van der Waals surface area (Å²) >= 11 is 0. The highest BCUT2D eigenvalue weighted by Crippen LogP contribution is 2.09. The highest BCUT2D eigenvalue weighted by Gasteiger charge is 2.08. The number of nitrogens with two attached hydrogens (primary N) is 1. The highest BCUT2D eigenvalue weighted by atomic mass is 16.3. The first-order chi connectivity index (χ1) is 7.11. The quantitative estimate of drug-likeness (QED) is 0.782. The third kappa shape index (κ3) is 4.49. The van der Waals surface area contributed by atoms with Crippen molar-refractivity contribution in [2.75, 3.05) is 13.6 Å². The van der Waals surface area contributed by atoms with Crippen molar-refractivity contribution in [1.29, 1.82) is 0 Å². The number of hydrogen-bond acceptors (Lipinski definition) is 3. The first-order valence-corrected chi connectivity index (χ1v) is 5.61. The minimum atomic E-state index is 0.274. The Morgan fingerprint density at radius 1 is 1.47 bits per heavy atom. The molecule has 1 atom stereocenters. The van der Waals surface area contributed by atoms with E-state index < -0.39 is 0 Å². The van der Waals surface area contributed by atoms with Gasteiger partial charge in [-0.3, -0.25) is 4.90 Å². The average molecular weight is 210 g/mol. The van der Waals surface area contributed by atoms with Crippen molar-refractivity contribution in [3.8, 4) is 0 Å². The second-order valence-corrected chi connectivity index (χ2v) is 4.26. The second-order valence-electron chi connectivity index (χ2n) is 4.26. The van der Waals surface area contributed by atoms with E-state index in [-0.39, 0.29) is 6.04 Å². The Hall–Kier alpha value is -0.800. The highest BCUT2D eigenvalue weighted by molar-refractivity contribution is 5.05. The molecule has 0 aliphatic heterocycles. The first kappa shape index (κ1) is 12.3. The molecule has 3 heteroatoms. The lowest BCUT2D eigenvalue weighted by Gasteiger charge is -2.19. The summed E-state index contributed by atoms with van der Waals surface area (Å²) in [6.45, 7) is 5.89. The van der Waals surface area contributed by atoms with Crippen LogP contribution in [0.3, 0.4) is 0 Å². The van der Waals surface area contributed by atoms with Crippen LogP contribution >= 0.6 is 0 Å². The van der Waals surface area contributed by atoms with Crippen LogP contribution in [0.2, 0.25) is 0 Å². The molecular formula is C12H22N2O. The van der Waals surface area contributed by atoms with Gasteiger partial charge in [-0.15, -0.1) is 0 Å². The third-order valence-corrected chi connectivity index (χ3v) is 2.43. The monoisotopic (exact) mass is 210 g/mol. The predicted molar refractivity (Wildman–Crippen MR) is 62.7 cm³/mol. The van der Waals surface area contributed by atoms with Crippen LogP contribution in [0.1, 0.15) is 31.3 Å². The molecule has 0 aliphatic rings. The van der Waals surface area contributed by atoms with Crippen molar-refractivity contribution in [3.63, 3.8) is 0 Å². The van der Waals surface area contributed by atoms with Crippen molar-refractivity contribution in [1.82, 2.24) is 4.90 Å². The Bertz CT molecular complexity index is 283. The lowest BCUT2D eigenvalue weighted by molar-refractivity contribution is 0.270. The summed E-state index contributed by atoms with van der Waals surface area (Å²) in [6.07, 6.45) is 2.23. The molecule has 0 saturated heterocycles. The molecule has 0 spiro atoms. The molecule has 0 radical (unpaired) electrons. The van der Waals surface area contributed by atoms with Gasteiger partial charge >= 0.3 is 0 Å². The number of likely N-dealkylation sites (N-methyl/N-ethyl adjacent to an activating group) is 1. The maximum atomic E-state index is 5.97. The van der Waals surface area contributed by atoms with Crippen LogP contribution in [0.15, 0.2) is 16.5 Å². The van der Waals surface area contributed by atoms with Crippen LogP contribution < -0.4 is 5.73 Å². The molecule has 0 aliphatic carbocycles. The molecule has 1 aromatic heterocycles. The molecule has 1 aromatic rings. The van der Waals surface area contributed by atoms with E-state index in [1.165, 1.54) is 0 Å². The van der Waals surface area contributed by atoms with E-state index in [9.17, 15) is 0 Å². The van der Waals surface area contributed by atoms with Gasteiger partial charge < -0.3 is 10.2 Å². The molecule has 15 heavy (non-hydrogen) atoms. The summed E-state index contributed by atoms with van der Waals surface area (Å²) < 4.78 is 5.51. The molecule has 1 unspecified atom stereocenters. The fourth-order valence-electron chi connectivity index (χ4n) is 1.76. The molecule has 3 nitrogen and oxygen atoms in total. The Labute approximate surface area is 92.2 Å². The smallest absolute Gasteiger partial charge is 0.118 e. The summed E-state index contributed by atoms with van der Waals surface area (Å²) in [7, 11) is 2.08. The minimum absolute atomic E-state index is 0.274. The fourth-order valence-corrected chi connectivity index (χ4v) is 1.76. The van der Waals surface area contributed by atoms with Gasteiger partial charge in [0, 0.05) is 12.6 Å². The number of aryl methyl sites for hydroxylation is 1. The first-order valence-electron chi connectivity index (χ1n) is 5.61. The fraction of sp³-hybridized carbons (Fsp3) is 0.667. The Morgan fingerprint density at radius 3 is 2.73 bits per heavy atom. The number of nitrogens with zero attached hydrogens (tertiary/aromatic N) is 1. The second kappa shape index (κ2) is 5.93. The summed E-state index contributed by atoms with van der Waals surface area (Å²) in [6, 6.07) is 4.29. The van der Waals surface area contributed by atoms with Gasteiger partial charge in [0.1, 0.15) is 11.5 Å². The number of furan rings is 1. The molecule has 86 valence electrons. The molecule has 0 saturated carbocycles. The van der Waals surface area contributed by atoms with E-state index in [4.69, 9.17) is 10.2 Å². The van der Waals surface area contributed by atoms with Crippen LogP contribution in [-0.2, 0) is 6.54 Å². The van der Waals surface area contributed by atoms with Crippen molar-refractivity contribution >= 4 is 0 Å². The zero-order valence-electron chi connectivity index (χ0n) is 9.99. The minimum Gasteiger partial charge on any atom is -0.465 e. The maximum Gasteiger partial charge on any atom is 0.118 e. The van der Waals surface area contributed by atoms with Crippen LogP contribution in [0, 0.1) is 6.92 Å². The van der Waals surface area contributed by atoms with Gasteiger partial charge in [-0.25, -0.2) is 0 Å². The van der Waals surface area contributed by atoms with E-state index in [0.717, 1.165) is 37.5 Å². The van der Waals surface area contributed by atoms with Gasteiger partial charge in [-0.05, 0) is 32.5 Å². The van der Waals surface area contributed by atoms with Crippen LogP contribution in [0.4, 0.5) is 0 Å². The lowest BCUT2D eigenvalue weighted by atomic mass is 10.2. The Kier molecular flexibility index (Phi) is 4.85. The van der Waals surface area contributed by atoms with Gasteiger partial charge in [0.05, 0.1) is 6.54 Å². The summed E-state index contributed by atoms with van der Waals surface area (Å²) in [4.78, 5) is 2.21. The van der Waals surface area contributed by atoms with Gasteiger partial charge in [0.2, 0.25) is 0 Å². The predicted octanol–water partition coefficient (Wildman–Crippen LogP) is 2.15. The summed E-state index contributed by atoms with van der Waals surface area (Å²) in [5.74, 6) is 1.98. The topological polar surface area (TPSA) is 42.4 Å². The van der Waals surface area contributed by atoms with E-state index in [1.807, 2.05) is 19.1 Å². The van der Waals surface area contributed by atoms with Gasteiger partial charge in [-0.2, -0.15) is 0 Å². The van der Waals surface area contributed by atoms with Gasteiger partial charge in [-0.1, -0.05) is 13.3 Å². The largest absolute Gasteiger partial charge is 0.465 e. The third-order valence-electron chi connectivity index (χ3n) is 2.43. The van der Waals surface area contributed by atoms with Crippen molar-refractivity contribution in [2.24, 2.45) is 5.73 Å². The van der Waals surface area contributed by atoms with E-state index >= 15 is 0 Å². The molecule has 1 heterocycles. The number of hydrogen-bond donors (Lipinski definition) is 1. The summed E-state index contributed by atoms with van der Waals surface area (Å²) in [5, 5.41) is 0. The van der Waals surface area contributed by atoms with Crippen molar-refractivity contribution in [3.05, 3.63) is 23.7 Å². The van der Waals surface area contributed by atoms with Crippen LogP contribution in [-0.4, -0.2) is 24.5 Å². The van der Waals surface area contributed by atoms with Crippen LogP contribution in [0.25, 0.3) is 0 Å². The molecule has 2 N–H and O–H groups in total. The van der Waals surface area contributed by atoms with E-state index in [2.05, 4.69) is 18.9 Å². The average Bonchev–Trinajstić information content (AvgIpc) is 2.51. The van der Waals surface area contributed by atoms with E-state index in [1.54, 1.807) is 0 Å². The zero-order chi connectivity index (χ0) is 11.3. The number of rotatable bonds is 6. The Balaban J connectivity index is 2.32. The SMILES string of the molecule is CCCC(N)CN(C)Cc1ccc(C)o1. The van der Waals surface area contributed by atoms with Crippen molar-refractivity contribution in [2.45, 2.75) is 39.3 Å². The molecule has 0 amide bonds. The van der Waals surface area contributed by atoms with E-state index in [0.29, 0.717) is 0 Å². The Morgan fingerprint density at radius 2 is 2.20 bits per heavy atom. The lowest BCUT2D eigenvalue weighted by Crippen LogP contribution is -2.34. The molecule has 0 fully saturated rings. The molecular weight excluding hydrogens is 188 g/mol. The van der Waals surface area contributed by atoms with Gasteiger partial charge in [0.25, 0.3) is 0 Å². The van der Waals surface area contributed by atoms with Crippen LogP contribution in [0.5, 0.6) is 0 Å². The normalized spacial score (nSPS) is 13.4. The summed E-state index contributed by atoms with van der Waals surface area (Å²) in [5.41, 5.74) is 5.97. The zero-order valence-corrected chi connectivity index (χ0v) is 9.99. The molecule has 0 bridgehead atoms. The molecule has 0 aromatic carbocycles. The molecule has 1 rings (SSSR count). The van der Waals surface area contributed by atoms with Crippen molar-refractivity contribution < 1.29 is 4.42 Å².